The number of aromatic nitrogens is 1. The molecule has 0 bridgehead atoms. The fourth-order valence-electron chi connectivity index (χ4n) is 1.85. The lowest BCUT2D eigenvalue weighted by Gasteiger charge is -2.17. The van der Waals surface area contributed by atoms with E-state index in [2.05, 4.69) is 58.4 Å². The molecule has 0 amide bonds. The summed E-state index contributed by atoms with van der Waals surface area (Å²) in [6, 6.07) is 10.2. The summed E-state index contributed by atoms with van der Waals surface area (Å²) in [7, 11) is 0. The number of nitrogens with two attached hydrogens (primary N) is 1. The highest BCUT2D eigenvalue weighted by atomic mass is 79.9. The third-order valence-electron chi connectivity index (χ3n) is 3.08. The summed E-state index contributed by atoms with van der Waals surface area (Å²) in [6.07, 6.45) is 1.78. The van der Waals surface area contributed by atoms with Crippen molar-refractivity contribution in [3.05, 3.63) is 63.4 Å². The zero-order valence-electron chi connectivity index (χ0n) is 10.4. The normalized spacial score (nSPS) is 12.4. The van der Waals surface area contributed by atoms with Gasteiger partial charge in [-0.15, -0.1) is 0 Å². The molecule has 0 aliphatic carbocycles. The molecule has 1 heterocycles. The first kappa shape index (κ1) is 13.2. The van der Waals surface area contributed by atoms with Gasteiger partial charge in [0.05, 0.1) is 11.7 Å². The second kappa shape index (κ2) is 5.61. The van der Waals surface area contributed by atoms with Crippen molar-refractivity contribution in [2.24, 2.45) is 5.84 Å². The van der Waals surface area contributed by atoms with Gasteiger partial charge in [-0.25, -0.2) is 5.43 Å². The van der Waals surface area contributed by atoms with E-state index in [0.717, 1.165) is 15.7 Å². The molecule has 94 valence electrons. The Labute approximate surface area is 116 Å². The number of halogens is 1. The Hall–Kier alpha value is -1.23. The average molecular weight is 306 g/mol. The second-order valence-electron chi connectivity index (χ2n) is 4.34. The van der Waals surface area contributed by atoms with Gasteiger partial charge in [-0.1, -0.05) is 18.2 Å². The number of hydrogen-bond donors (Lipinski definition) is 2. The van der Waals surface area contributed by atoms with Crippen LogP contribution in [0.3, 0.4) is 0 Å². The maximum absolute atomic E-state index is 5.66. The summed E-state index contributed by atoms with van der Waals surface area (Å²) < 4.78 is 0.960. The van der Waals surface area contributed by atoms with Crippen molar-refractivity contribution >= 4 is 15.9 Å². The fraction of sp³-hybridized carbons (Fsp3) is 0.214. The van der Waals surface area contributed by atoms with E-state index >= 15 is 0 Å². The molecule has 3 N–H and O–H groups in total. The smallest absolute Gasteiger partial charge is 0.0881 e. The highest BCUT2D eigenvalue weighted by Crippen LogP contribution is 2.22. The summed E-state index contributed by atoms with van der Waals surface area (Å²) in [5, 5.41) is 0. The third kappa shape index (κ3) is 2.77. The molecule has 1 unspecified atom stereocenters. The van der Waals surface area contributed by atoms with Gasteiger partial charge in [-0.2, -0.15) is 0 Å². The van der Waals surface area contributed by atoms with Crippen LogP contribution in [0, 0.1) is 13.8 Å². The molecule has 4 heteroatoms. The monoisotopic (exact) mass is 305 g/mol. The first-order valence-corrected chi connectivity index (χ1v) is 6.56. The molecule has 0 spiro atoms. The summed E-state index contributed by atoms with van der Waals surface area (Å²) in [5.74, 6) is 5.66. The molecule has 3 nitrogen and oxygen atoms in total. The minimum absolute atomic E-state index is 0.0857. The Morgan fingerprint density at radius 2 is 1.94 bits per heavy atom. The van der Waals surface area contributed by atoms with E-state index in [9.17, 15) is 0 Å². The van der Waals surface area contributed by atoms with Crippen molar-refractivity contribution in [2.75, 3.05) is 0 Å². The lowest BCUT2D eigenvalue weighted by molar-refractivity contribution is 0.620. The van der Waals surface area contributed by atoms with Gasteiger partial charge in [0, 0.05) is 10.7 Å². The average Bonchev–Trinajstić information content (AvgIpc) is 2.37. The number of pyridine rings is 1. The minimum atomic E-state index is -0.0857. The number of aryl methyl sites for hydroxylation is 2. The van der Waals surface area contributed by atoms with Crippen LogP contribution in [-0.2, 0) is 0 Å². The van der Waals surface area contributed by atoms with E-state index in [0.29, 0.717) is 0 Å². The van der Waals surface area contributed by atoms with Crippen molar-refractivity contribution in [1.29, 1.82) is 0 Å². The van der Waals surface area contributed by atoms with E-state index in [1.54, 1.807) is 6.20 Å². The molecule has 0 aliphatic heterocycles. The van der Waals surface area contributed by atoms with E-state index in [4.69, 9.17) is 5.84 Å². The molecule has 2 aromatic rings. The molecule has 1 atom stereocenters. The van der Waals surface area contributed by atoms with Crippen LogP contribution in [-0.4, -0.2) is 4.98 Å². The van der Waals surface area contributed by atoms with Crippen molar-refractivity contribution < 1.29 is 0 Å². The summed E-state index contributed by atoms with van der Waals surface area (Å²) in [6.45, 7) is 4.20. The van der Waals surface area contributed by atoms with Gasteiger partial charge in [-0.05, 0) is 58.6 Å². The van der Waals surface area contributed by atoms with Crippen LogP contribution in [0.5, 0.6) is 0 Å². The molecule has 0 fully saturated rings. The van der Waals surface area contributed by atoms with Crippen LogP contribution in [0.25, 0.3) is 0 Å². The molecule has 0 aliphatic rings. The first-order chi connectivity index (χ1) is 8.61. The third-order valence-corrected chi connectivity index (χ3v) is 3.55. The predicted octanol–water partition coefficient (Wildman–Crippen LogP) is 3.01. The van der Waals surface area contributed by atoms with Crippen molar-refractivity contribution in [2.45, 2.75) is 19.9 Å². The Balaban J connectivity index is 2.38. The molecule has 18 heavy (non-hydrogen) atoms. The summed E-state index contributed by atoms with van der Waals surface area (Å²) in [4.78, 5) is 4.39. The number of hydrogen-bond acceptors (Lipinski definition) is 3. The Bertz CT molecular complexity index is 537. The molecule has 1 aromatic carbocycles. The topological polar surface area (TPSA) is 50.9 Å². The van der Waals surface area contributed by atoms with Gasteiger partial charge in [0.25, 0.3) is 0 Å². The zero-order chi connectivity index (χ0) is 13.1. The van der Waals surface area contributed by atoms with Crippen LogP contribution in [0.4, 0.5) is 0 Å². The minimum Gasteiger partial charge on any atom is -0.271 e. The number of nitrogens with one attached hydrogen (secondary N) is 1. The SMILES string of the molecule is Cc1ccc(C(NN)c2ccc(Br)cn2)cc1C. The summed E-state index contributed by atoms with van der Waals surface area (Å²) >= 11 is 3.38. The van der Waals surface area contributed by atoms with Crippen molar-refractivity contribution in [3.8, 4) is 0 Å². The maximum Gasteiger partial charge on any atom is 0.0881 e. The van der Waals surface area contributed by atoms with Gasteiger partial charge >= 0.3 is 0 Å². The van der Waals surface area contributed by atoms with E-state index < -0.39 is 0 Å². The zero-order valence-corrected chi connectivity index (χ0v) is 12.0. The number of benzene rings is 1. The van der Waals surface area contributed by atoms with Gasteiger partial charge in [-0.3, -0.25) is 10.8 Å². The largest absolute Gasteiger partial charge is 0.271 e. The number of nitrogens with zero attached hydrogens (tertiary/aromatic N) is 1. The van der Waals surface area contributed by atoms with Crippen LogP contribution in [0.1, 0.15) is 28.4 Å². The molecular formula is C14H16BrN3. The molecule has 0 radical (unpaired) electrons. The molecule has 1 aromatic heterocycles. The predicted molar refractivity (Wildman–Crippen MR) is 77.0 cm³/mol. The Kier molecular flexibility index (Phi) is 4.11. The lowest BCUT2D eigenvalue weighted by atomic mass is 9.99. The highest BCUT2D eigenvalue weighted by molar-refractivity contribution is 9.10. The van der Waals surface area contributed by atoms with E-state index in [-0.39, 0.29) is 6.04 Å². The van der Waals surface area contributed by atoms with Crippen molar-refractivity contribution in [1.82, 2.24) is 10.4 Å². The standard InChI is InChI=1S/C14H16BrN3/c1-9-3-4-11(7-10(9)2)14(18-16)13-6-5-12(15)8-17-13/h3-8,14,18H,16H2,1-2H3. The van der Waals surface area contributed by atoms with Gasteiger partial charge < -0.3 is 0 Å². The Morgan fingerprint density at radius 1 is 1.17 bits per heavy atom. The maximum atomic E-state index is 5.66. The van der Waals surface area contributed by atoms with E-state index in [1.807, 2.05) is 12.1 Å². The van der Waals surface area contributed by atoms with Crippen LogP contribution in [0.2, 0.25) is 0 Å². The van der Waals surface area contributed by atoms with Crippen LogP contribution >= 0.6 is 15.9 Å². The van der Waals surface area contributed by atoms with Crippen LogP contribution < -0.4 is 11.3 Å². The molecular weight excluding hydrogens is 290 g/mol. The Morgan fingerprint density at radius 3 is 2.50 bits per heavy atom. The highest BCUT2D eigenvalue weighted by Gasteiger charge is 2.14. The molecule has 0 saturated carbocycles. The van der Waals surface area contributed by atoms with Gasteiger partial charge in [0.1, 0.15) is 0 Å². The van der Waals surface area contributed by atoms with Crippen LogP contribution in [0.15, 0.2) is 41.0 Å². The fourth-order valence-corrected chi connectivity index (χ4v) is 2.09. The van der Waals surface area contributed by atoms with Gasteiger partial charge in [0.15, 0.2) is 0 Å². The molecule has 0 saturated heterocycles. The van der Waals surface area contributed by atoms with Gasteiger partial charge in [0.2, 0.25) is 0 Å². The number of hydrazine groups is 1. The second-order valence-corrected chi connectivity index (χ2v) is 5.26. The first-order valence-electron chi connectivity index (χ1n) is 5.76. The summed E-state index contributed by atoms with van der Waals surface area (Å²) in [5.41, 5.74) is 7.38. The number of rotatable bonds is 3. The quantitative estimate of drug-likeness (QED) is 0.677. The lowest BCUT2D eigenvalue weighted by Crippen LogP contribution is -2.29. The van der Waals surface area contributed by atoms with Crippen molar-refractivity contribution in [3.63, 3.8) is 0 Å². The van der Waals surface area contributed by atoms with E-state index in [1.165, 1.54) is 11.1 Å². The molecule has 2 rings (SSSR count).